The van der Waals surface area contributed by atoms with Gasteiger partial charge in [-0.2, -0.15) is 0 Å². The quantitative estimate of drug-likeness (QED) is 0.701. The molecule has 0 radical (unpaired) electrons. The number of nitrogens with zero attached hydrogens (tertiary/aromatic N) is 2. The summed E-state index contributed by atoms with van der Waals surface area (Å²) in [5, 5.41) is 3.80. The van der Waals surface area contributed by atoms with Crippen LogP contribution in [0.4, 0.5) is 0 Å². The monoisotopic (exact) mass is 364 g/mol. The fourth-order valence-electron chi connectivity index (χ4n) is 3.22. The molecule has 0 bridgehead atoms. The SMILES string of the molecule is [2H]C1([2H])NC([2H])([2H])C([2H])([2H])N(Cc2cccc3c2C(=O)N(C2CCC(=O)NC2=O)C3=O)C1([2H])[2H]. The third-order valence-electron chi connectivity index (χ3n) is 4.39. The summed E-state index contributed by atoms with van der Waals surface area (Å²) >= 11 is 0. The van der Waals surface area contributed by atoms with Gasteiger partial charge >= 0.3 is 0 Å². The molecule has 2 saturated heterocycles. The van der Waals surface area contributed by atoms with Gasteiger partial charge in [-0.15, -0.1) is 0 Å². The van der Waals surface area contributed by atoms with Crippen LogP contribution in [0.3, 0.4) is 0 Å². The van der Waals surface area contributed by atoms with Crippen molar-refractivity contribution in [3.8, 4) is 0 Å². The van der Waals surface area contributed by atoms with Crippen molar-refractivity contribution in [1.29, 1.82) is 0 Å². The van der Waals surface area contributed by atoms with E-state index in [9.17, 15) is 19.2 Å². The van der Waals surface area contributed by atoms with Crippen LogP contribution in [0.15, 0.2) is 18.2 Å². The van der Waals surface area contributed by atoms with Gasteiger partial charge < -0.3 is 5.32 Å². The Balaban J connectivity index is 1.75. The lowest BCUT2D eigenvalue weighted by molar-refractivity contribution is -0.136. The number of imide groups is 2. The highest BCUT2D eigenvalue weighted by Crippen LogP contribution is 2.30. The molecule has 3 aliphatic rings. The Morgan fingerprint density at radius 3 is 2.62 bits per heavy atom. The summed E-state index contributed by atoms with van der Waals surface area (Å²) in [5.41, 5.74) is -0.384. The molecule has 1 aromatic carbocycles. The first-order valence-electron chi connectivity index (χ1n) is 11.9. The molecule has 1 unspecified atom stereocenters. The average Bonchev–Trinajstić information content (AvgIpc) is 2.95. The van der Waals surface area contributed by atoms with Gasteiger partial charge in [0, 0.05) is 49.9 Å². The minimum Gasteiger partial charge on any atom is -0.314 e. The second kappa shape index (κ2) is 6.62. The number of piperazine rings is 1. The first-order valence-corrected chi connectivity index (χ1v) is 7.93. The number of amides is 4. The highest BCUT2D eigenvalue weighted by atomic mass is 16.2. The number of carbonyl (C=O) groups is 4. The fraction of sp³-hybridized carbons (Fsp3) is 0.444. The van der Waals surface area contributed by atoms with Crippen molar-refractivity contribution < 1.29 is 30.1 Å². The van der Waals surface area contributed by atoms with Gasteiger partial charge in [-0.25, -0.2) is 0 Å². The topological polar surface area (TPSA) is 98.8 Å². The second-order valence-electron chi connectivity index (χ2n) is 5.97. The number of fused-ring (bicyclic) bond motifs is 1. The molecule has 4 rings (SSSR count). The molecule has 136 valence electrons. The van der Waals surface area contributed by atoms with Crippen molar-refractivity contribution >= 4 is 23.6 Å². The molecule has 4 amide bonds. The summed E-state index contributed by atoms with van der Waals surface area (Å²) in [5.74, 6) is -3.06. The Hall–Kier alpha value is -2.58. The summed E-state index contributed by atoms with van der Waals surface area (Å²) in [4.78, 5) is 51.0. The number of rotatable bonds is 3. The van der Waals surface area contributed by atoms with E-state index in [1.54, 1.807) is 5.32 Å². The smallest absolute Gasteiger partial charge is 0.262 e. The minimum absolute atomic E-state index is 0.0492. The van der Waals surface area contributed by atoms with E-state index in [-0.39, 0.29) is 29.5 Å². The van der Waals surface area contributed by atoms with Gasteiger partial charge in [-0.1, -0.05) is 12.1 Å². The fourth-order valence-corrected chi connectivity index (χ4v) is 3.22. The first kappa shape index (κ1) is 9.94. The van der Waals surface area contributed by atoms with Crippen LogP contribution in [0.2, 0.25) is 0 Å². The molecule has 1 atom stereocenters. The number of benzene rings is 1. The third kappa shape index (κ3) is 2.81. The van der Waals surface area contributed by atoms with Crippen molar-refractivity contribution in [2.45, 2.75) is 25.4 Å². The lowest BCUT2D eigenvalue weighted by atomic mass is 10.0. The lowest BCUT2D eigenvalue weighted by Crippen LogP contribution is -2.54. The molecule has 26 heavy (non-hydrogen) atoms. The van der Waals surface area contributed by atoms with Crippen molar-refractivity contribution in [3.63, 3.8) is 0 Å². The molecule has 0 aliphatic carbocycles. The molecule has 1 aromatic rings. The Morgan fingerprint density at radius 2 is 1.88 bits per heavy atom. The van der Waals surface area contributed by atoms with E-state index in [0.717, 1.165) is 0 Å². The zero-order valence-corrected chi connectivity index (χ0v) is 13.5. The van der Waals surface area contributed by atoms with Crippen molar-refractivity contribution in [2.75, 3.05) is 26.0 Å². The molecule has 8 nitrogen and oxygen atoms in total. The van der Waals surface area contributed by atoms with Gasteiger partial charge in [0.25, 0.3) is 11.8 Å². The van der Waals surface area contributed by atoms with Crippen molar-refractivity contribution in [2.24, 2.45) is 0 Å². The lowest BCUT2D eigenvalue weighted by Gasteiger charge is -2.28. The number of hydrogen-bond acceptors (Lipinski definition) is 6. The second-order valence-corrected chi connectivity index (χ2v) is 5.97. The van der Waals surface area contributed by atoms with Crippen LogP contribution in [0.5, 0.6) is 0 Å². The molecular formula is C18H20N4O4. The van der Waals surface area contributed by atoms with Gasteiger partial charge in [-0.3, -0.25) is 34.3 Å². The minimum atomic E-state index is -3.07. The van der Waals surface area contributed by atoms with Gasteiger partial charge in [0.05, 0.1) is 11.1 Å². The Labute approximate surface area is 161 Å². The van der Waals surface area contributed by atoms with E-state index < -0.39 is 62.2 Å². The van der Waals surface area contributed by atoms with Crippen LogP contribution in [0.1, 0.15) is 50.1 Å². The Bertz CT molecular complexity index is 1100. The average molecular weight is 364 g/mol. The molecule has 2 N–H and O–H groups in total. The molecule has 3 aliphatic heterocycles. The standard InChI is InChI=1S/C18H20N4O4/c23-14-5-4-13(16(24)20-14)22-17(25)12-3-1-2-11(15(12)18(22)26)10-21-8-6-19-7-9-21/h1-3,13,19H,4-10H2,(H,20,23,24)/i6D2,7D2,8D2,9D2. The summed E-state index contributed by atoms with van der Waals surface area (Å²) < 4.78 is 64.5. The molecule has 0 spiro atoms. The molecular weight excluding hydrogens is 336 g/mol. The van der Waals surface area contributed by atoms with Crippen LogP contribution in [0.25, 0.3) is 0 Å². The number of carbonyl (C=O) groups excluding carboxylic acids is 4. The predicted octanol–water partition coefficient (Wildman–Crippen LogP) is -0.507. The van der Waals surface area contributed by atoms with Crippen molar-refractivity contribution in [3.05, 3.63) is 34.9 Å². The highest BCUT2D eigenvalue weighted by Gasteiger charge is 2.45. The summed E-state index contributed by atoms with van der Waals surface area (Å²) in [6.45, 7) is -12.9. The van der Waals surface area contributed by atoms with E-state index in [1.807, 2.05) is 0 Å². The normalized spacial score (nSPS) is 36.3. The number of nitrogens with one attached hydrogen (secondary N) is 2. The maximum Gasteiger partial charge on any atom is 0.262 e. The number of piperidine rings is 1. The van der Waals surface area contributed by atoms with Crippen LogP contribution >= 0.6 is 0 Å². The molecule has 2 fully saturated rings. The van der Waals surface area contributed by atoms with Crippen LogP contribution < -0.4 is 10.6 Å². The van der Waals surface area contributed by atoms with Crippen LogP contribution in [-0.2, 0) is 16.1 Å². The Morgan fingerprint density at radius 1 is 1.12 bits per heavy atom. The van der Waals surface area contributed by atoms with E-state index in [1.165, 1.54) is 18.2 Å². The van der Waals surface area contributed by atoms with E-state index in [0.29, 0.717) is 9.80 Å². The van der Waals surface area contributed by atoms with E-state index in [4.69, 9.17) is 11.0 Å². The maximum atomic E-state index is 13.2. The summed E-state index contributed by atoms with van der Waals surface area (Å²) in [6.07, 6.45) is -0.156. The molecule has 0 aromatic heterocycles. The zero-order valence-electron chi connectivity index (χ0n) is 21.5. The largest absolute Gasteiger partial charge is 0.314 e. The zero-order chi connectivity index (χ0) is 25.4. The van der Waals surface area contributed by atoms with E-state index >= 15 is 0 Å². The first-order chi connectivity index (χ1) is 15.5. The van der Waals surface area contributed by atoms with Crippen LogP contribution in [0, 0.1) is 0 Å². The summed E-state index contributed by atoms with van der Waals surface area (Å²) in [6, 6.07) is 2.75. The molecule has 8 heteroatoms. The molecule has 0 saturated carbocycles. The van der Waals surface area contributed by atoms with Gasteiger partial charge in [0.1, 0.15) is 6.04 Å². The third-order valence-corrected chi connectivity index (χ3v) is 4.39. The van der Waals surface area contributed by atoms with Gasteiger partial charge in [-0.05, 0) is 18.1 Å². The Kier molecular flexibility index (Phi) is 2.53. The van der Waals surface area contributed by atoms with E-state index in [2.05, 4.69) is 5.32 Å². The van der Waals surface area contributed by atoms with Crippen LogP contribution in [-0.4, -0.2) is 65.5 Å². The highest BCUT2D eigenvalue weighted by molar-refractivity contribution is 6.24. The van der Waals surface area contributed by atoms with Gasteiger partial charge in [0.15, 0.2) is 0 Å². The maximum absolute atomic E-state index is 13.2. The predicted molar refractivity (Wildman–Crippen MR) is 91.3 cm³/mol. The number of hydrogen-bond donors (Lipinski definition) is 2. The van der Waals surface area contributed by atoms with Gasteiger partial charge in [0.2, 0.25) is 11.8 Å². The van der Waals surface area contributed by atoms with Crippen molar-refractivity contribution in [1.82, 2.24) is 20.4 Å². The summed E-state index contributed by atoms with van der Waals surface area (Å²) in [7, 11) is 0. The molecule has 3 heterocycles.